The van der Waals surface area contributed by atoms with E-state index in [0.717, 1.165) is 17.9 Å². The predicted molar refractivity (Wildman–Crippen MR) is 68.7 cm³/mol. The summed E-state index contributed by atoms with van der Waals surface area (Å²) in [7, 11) is 0. The summed E-state index contributed by atoms with van der Waals surface area (Å²) in [4.78, 5) is 2.76. The molecule has 3 rings (SSSR count). The van der Waals surface area contributed by atoms with Gasteiger partial charge in [-0.25, -0.2) is 0 Å². The van der Waals surface area contributed by atoms with Gasteiger partial charge >= 0.3 is 0 Å². The second kappa shape index (κ2) is 4.49. The fraction of sp³-hybridized carbons (Fsp3) is 0.733. The third-order valence-corrected chi connectivity index (χ3v) is 4.78. The lowest BCUT2D eigenvalue weighted by Crippen LogP contribution is -2.50. The van der Waals surface area contributed by atoms with Crippen LogP contribution in [0.25, 0.3) is 0 Å². The van der Waals surface area contributed by atoms with Crippen molar-refractivity contribution in [3.05, 3.63) is 24.2 Å². The van der Waals surface area contributed by atoms with Gasteiger partial charge in [-0.05, 0) is 43.6 Å². The van der Waals surface area contributed by atoms with E-state index in [9.17, 15) is 0 Å². The molecular formula is C15H23NO. The number of nitrogens with zero attached hydrogens (tertiary/aromatic N) is 1. The highest BCUT2D eigenvalue weighted by Crippen LogP contribution is 2.42. The first kappa shape index (κ1) is 11.3. The Kier molecular flexibility index (Phi) is 2.99. The zero-order valence-corrected chi connectivity index (χ0v) is 10.9. The Hall–Kier alpha value is -0.760. The van der Waals surface area contributed by atoms with Crippen molar-refractivity contribution in [1.82, 2.24) is 4.90 Å². The molecule has 0 spiro atoms. The average Bonchev–Trinajstić information content (AvgIpc) is 2.83. The van der Waals surface area contributed by atoms with Crippen LogP contribution in [0.5, 0.6) is 0 Å². The van der Waals surface area contributed by atoms with Gasteiger partial charge in [0.25, 0.3) is 0 Å². The zero-order chi connectivity index (χ0) is 11.8. The number of fused-ring (bicyclic) bond motifs is 1. The SMILES string of the molecule is C[C@@H]1CC[C@H]2[C@H](C)CC[C@@H](c3ccoc3)N2C1. The van der Waals surface area contributed by atoms with Crippen LogP contribution in [0.4, 0.5) is 0 Å². The predicted octanol–water partition coefficient (Wildman–Crippen LogP) is 3.85. The normalized spacial score (nSPS) is 38.9. The molecule has 0 N–H and O–H groups in total. The third-order valence-electron chi connectivity index (χ3n) is 4.78. The molecule has 0 saturated carbocycles. The van der Waals surface area contributed by atoms with Crippen molar-refractivity contribution >= 4 is 0 Å². The fourth-order valence-electron chi connectivity index (χ4n) is 3.78. The Bertz CT molecular complexity index is 359. The van der Waals surface area contributed by atoms with E-state index in [2.05, 4.69) is 24.8 Å². The van der Waals surface area contributed by atoms with Crippen LogP contribution in [-0.2, 0) is 0 Å². The van der Waals surface area contributed by atoms with Crippen LogP contribution in [-0.4, -0.2) is 17.5 Å². The quantitative estimate of drug-likeness (QED) is 0.732. The Morgan fingerprint density at radius 1 is 1.18 bits per heavy atom. The standard InChI is InChI=1S/C15H23NO/c1-11-3-5-14-12(2)4-6-15(16(14)9-11)13-7-8-17-10-13/h7-8,10-12,14-15H,3-6,9H2,1-2H3/t11-,12-,14+,15+/m1/s1. The maximum Gasteiger partial charge on any atom is 0.0950 e. The van der Waals surface area contributed by atoms with Crippen molar-refractivity contribution in [2.45, 2.75) is 51.6 Å². The van der Waals surface area contributed by atoms with Gasteiger partial charge in [0.2, 0.25) is 0 Å². The van der Waals surface area contributed by atoms with Crippen molar-refractivity contribution in [2.75, 3.05) is 6.54 Å². The van der Waals surface area contributed by atoms with Crippen LogP contribution in [0.2, 0.25) is 0 Å². The first-order valence-electron chi connectivity index (χ1n) is 7.03. The molecule has 2 heteroatoms. The van der Waals surface area contributed by atoms with Crippen LogP contribution >= 0.6 is 0 Å². The summed E-state index contributed by atoms with van der Waals surface area (Å²) in [5, 5.41) is 0. The Balaban J connectivity index is 1.84. The molecule has 2 saturated heterocycles. The van der Waals surface area contributed by atoms with Crippen molar-refractivity contribution in [3.63, 3.8) is 0 Å². The maximum atomic E-state index is 5.27. The average molecular weight is 233 g/mol. The minimum atomic E-state index is 0.609. The minimum absolute atomic E-state index is 0.609. The molecule has 0 aliphatic carbocycles. The van der Waals surface area contributed by atoms with E-state index in [1.165, 1.54) is 37.8 Å². The van der Waals surface area contributed by atoms with Gasteiger partial charge in [0.05, 0.1) is 12.5 Å². The summed E-state index contributed by atoms with van der Waals surface area (Å²) >= 11 is 0. The third kappa shape index (κ3) is 2.03. The molecule has 0 bridgehead atoms. The number of rotatable bonds is 1. The molecule has 1 aromatic rings. The van der Waals surface area contributed by atoms with Crippen molar-refractivity contribution in [3.8, 4) is 0 Å². The molecule has 3 heterocycles. The van der Waals surface area contributed by atoms with Gasteiger partial charge in [0.1, 0.15) is 0 Å². The summed E-state index contributed by atoms with van der Waals surface area (Å²) in [6, 6.07) is 3.56. The van der Waals surface area contributed by atoms with Gasteiger partial charge in [-0.2, -0.15) is 0 Å². The number of hydrogen-bond donors (Lipinski definition) is 0. The van der Waals surface area contributed by atoms with Crippen LogP contribution in [0.1, 0.15) is 51.1 Å². The monoisotopic (exact) mass is 233 g/mol. The Morgan fingerprint density at radius 3 is 2.82 bits per heavy atom. The van der Waals surface area contributed by atoms with E-state index < -0.39 is 0 Å². The molecule has 2 fully saturated rings. The highest BCUT2D eigenvalue weighted by Gasteiger charge is 2.38. The molecule has 2 aliphatic rings. The van der Waals surface area contributed by atoms with Crippen LogP contribution in [0, 0.1) is 11.8 Å². The first-order chi connectivity index (χ1) is 8.25. The second-order valence-electron chi connectivity index (χ2n) is 6.07. The first-order valence-corrected chi connectivity index (χ1v) is 7.03. The number of furan rings is 1. The van der Waals surface area contributed by atoms with E-state index in [0.29, 0.717) is 6.04 Å². The maximum absolute atomic E-state index is 5.27. The molecule has 94 valence electrons. The molecule has 0 radical (unpaired) electrons. The summed E-state index contributed by atoms with van der Waals surface area (Å²) < 4.78 is 5.27. The van der Waals surface area contributed by atoms with Gasteiger partial charge in [-0.1, -0.05) is 13.8 Å². The lowest BCUT2D eigenvalue weighted by Gasteiger charge is -2.49. The molecule has 2 aliphatic heterocycles. The molecule has 0 unspecified atom stereocenters. The van der Waals surface area contributed by atoms with E-state index in [1.54, 1.807) is 0 Å². The van der Waals surface area contributed by atoms with Gasteiger partial charge in [-0.3, -0.25) is 4.90 Å². The Labute approximate surface area is 104 Å². The summed E-state index contributed by atoms with van der Waals surface area (Å²) in [6.07, 6.45) is 9.21. The topological polar surface area (TPSA) is 16.4 Å². The molecule has 2 nitrogen and oxygen atoms in total. The van der Waals surface area contributed by atoms with Crippen LogP contribution in [0.3, 0.4) is 0 Å². The summed E-state index contributed by atoms with van der Waals surface area (Å²) in [6.45, 7) is 6.09. The van der Waals surface area contributed by atoms with Crippen molar-refractivity contribution in [1.29, 1.82) is 0 Å². The minimum Gasteiger partial charge on any atom is -0.472 e. The van der Waals surface area contributed by atoms with E-state index in [4.69, 9.17) is 4.42 Å². The number of hydrogen-bond acceptors (Lipinski definition) is 2. The molecule has 0 aromatic carbocycles. The van der Waals surface area contributed by atoms with Gasteiger partial charge in [0, 0.05) is 24.2 Å². The second-order valence-corrected chi connectivity index (χ2v) is 6.07. The van der Waals surface area contributed by atoms with Gasteiger partial charge < -0.3 is 4.42 Å². The fourth-order valence-corrected chi connectivity index (χ4v) is 3.78. The van der Waals surface area contributed by atoms with Crippen LogP contribution in [0.15, 0.2) is 23.0 Å². The smallest absolute Gasteiger partial charge is 0.0950 e. The lowest BCUT2D eigenvalue weighted by molar-refractivity contribution is -0.00172. The molecule has 4 atom stereocenters. The molecule has 1 aromatic heterocycles. The Morgan fingerprint density at radius 2 is 2.06 bits per heavy atom. The van der Waals surface area contributed by atoms with Crippen LogP contribution < -0.4 is 0 Å². The van der Waals surface area contributed by atoms with E-state index >= 15 is 0 Å². The molecule has 17 heavy (non-hydrogen) atoms. The lowest BCUT2D eigenvalue weighted by atomic mass is 9.78. The van der Waals surface area contributed by atoms with E-state index in [1.807, 2.05) is 12.5 Å². The van der Waals surface area contributed by atoms with Crippen molar-refractivity contribution < 1.29 is 4.42 Å². The van der Waals surface area contributed by atoms with Gasteiger partial charge in [-0.15, -0.1) is 0 Å². The summed E-state index contributed by atoms with van der Waals surface area (Å²) in [5.74, 6) is 1.72. The number of piperidine rings is 2. The van der Waals surface area contributed by atoms with Gasteiger partial charge in [0.15, 0.2) is 0 Å². The highest BCUT2D eigenvalue weighted by molar-refractivity contribution is 5.14. The summed E-state index contributed by atoms with van der Waals surface area (Å²) in [5.41, 5.74) is 1.39. The molecule has 0 amide bonds. The largest absolute Gasteiger partial charge is 0.472 e. The zero-order valence-electron chi connectivity index (χ0n) is 10.9. The molecular weight excluding hydrogens is 210 g/mol. The highest BCUT2D eigenvalue weighted by atomic mass is 16.3. The van der Waals surface area contributed by atoms with Crippen molar-refractivity contribution in [2.24, 2.45) is 11.8 Å². The van der Waals surface area contributed by atoms with E-state index in [-0.39, 0.29) is 0 Å².